The van der Waals surface area contributed by atoms with Gasteiger partial charge in [0.1, 0.15) is 0 Å². The molecule has 0 bridgehead atoms. The standard InChI is InChI=1S/C6H11.Mg.2H/c1-4-5-6(2)3;;;/h4-6H,1H2,2-3H3;;;. The van der Waals surface area contributed by atoms with Crippen LogP contribution in [0.25, 0.3) is 0 Å². The molecule has 0 spiro atoms. The Hall–Kier alpha value is 0.506. The van der Waals surface area contributed by atoms with Crippen LogP contribution < -0.4 is 0 Å². The molecule has 0 aromatic carbocycles. The SMILES string of the molecule is [CH2]C=CC(C)C.[MgH2]. The topological polar surface area (TPSA) is 0 Å². The van der Waals surface area contributed by atoms with Crippen molar-refractivity contribution in [1.82, 2.24) is 0 Å². The molecule has 7 heavy (non-hydrogen) atoms. The molecule has 0 aliphatic rings. The van der Waals surface area contributed by atoms with E-state index in [1.165, 1.54) is 0 Å². The Morgan fingerprint density at radius 2 is 1.86 bits per heavy atom. The summed E-state index contributed by atoms with van der Waals surface area (Å²) in [6.45, 7) is 7.80. The van der Waals surface area contributed by atoms with Gasteiger partial charge in [-0.3, -0.25) is 0 Å². The van der Waals surface area contributed by atoms with Gasteiger partial charge in [0.05, 0.1) is 0 Å². The minimum absolute atomic E-state index is 0. The number of hydrogen-bond donors (Lipinski definition) is 0. The molecule has 0 heterocycles. The molecule has 1 radical (unpaired) electrons. The van der Waals surface area contributed by atoms with Crippen molar-refractivity contribution in [2.75, 3.05) is 0 Å². The maximum absolute atomic E-state index is 3.55. The van der Waals surface area contributed by atoms with Crippen molar-refractivity contribution in [3.8, 4) is 0 Å². The van der Waals surface area contributed by atoms with Gasteiger partial charge in [-0.1, -0.05) is 26.0 Å². The monoisotopic (exact) mass is 109 g/mol. The van der Waals surface area contributed by atoms with Crippen molar-refractivity contribution in [2.24, 2.45) is 5.92 Å². The Kier molecular flexibility index (Phi) is 9.74. The lowest BCUT2D eigenvalue weighted by Gasteiger charge is -1.86. The Morgan fingerprint density at radius 1 is 1.43 bits per heavy atom. The quantitative estimate of drug-likeness (QED) is 0.443. The Morgan fingerprint density at radius 3 is 1.86 bits per heavy atom. The van der Waals surface area contributed by atoms with Crippen LogP contribution in [0.15, 0.2) is 12.2 Å². The molecular formula is C6H13Mg. The van der Waals surface area contributed by atoms with E-state index in [1.807, 2.05) is 6.08 Å². The van der Waals surface area contributed by atoms with E-state index < -0.39 is 0 Å². The lowest BCUT2D eigenvalue weighted by Crippen LogP contribution is -1.73. The first-order valence-corrected chi connectivity index (χ1v) is 2.23. The Labute approximate surface area is 62.1 Å². The van der Waals surface area contributed by atoms with E-state index in [0.29, 0.717) is 5.92 Å². The average Bonchev–Trinajstić information content (AvgIpc) is 1.35. The summed E-state index contributed by atoms with van der Waals surface area (Å²) in [5.41, 5.74) is 0. The summed E-state index contributed by atoms with van der Waals surface area (Å²) in [5.74, 6) is 0.655. The molecule has 0 aromatic heterocycles. The van der Waals surface area contributed by atoms with Gasteiger partial charge >= 0.3 is 23.1 Å². The molecule has 0 nitrogen and oxygen atoms in total. The van der Waals surface area contributed by atoms with Crippen LogP contribution in [0.4, 0.5) is 0 Å². The van der Waals surface area contributed by atoms with Crippen molar-refractivity contribution < 1.29 is 0 Å². The summed E-state index contributed by atoms with van der Waals surface area (Å²) in [5, 5.41) is 0. The summed E-state index contributed by atoms with van der Waals surface area (Å²) in [6.07, 6.45) is 3.88. The predicted octanol–water partition coefficient (Wildman–Crippen LogP) is 1.12. The fourth-order valence-corrected chi connectivity index (χ4v) is 0.272. The van der Waals surface area contributed by atoms with Crippen LogP contribution >= 0.6 is 0 Å². The number of hydrogen-bond acceptors (Lipinski definition) is 0. The predicted molar refractivity (Wildman–Crippen MR) is 37.9 cm³/mol. The van der Waals surface area contributed by atoms with Crippen LogP contribution in [0.5, 0.6) is 0 Å². The van der Waals surface area contributed by atoms with E-state index in [4.69, 9.17) is 0 Å². The minimum atomic E-state index is 0. The van der Waals surface area contributed by atoms with Gasteiger partial charge in [0, 0.05) is 0 Å². The molecule has 1 heteroatoms. The Bertz CT molecular complexity index is 46.1. The average molecular weight is 109 g/mol. The van der Waals surface area contributed by atoms with Crippen LogP contribution in [0.2, 0.25) is 0 Å². The maximum Gasteiger partial charge on any atom is 0.316 e. The fraction of sp³-hybridized carbons (Fsp3) is 0.500. The molecule has 0 saturated heterocycles. The number of allylic oxidation sites excluding steroid dienone is 2. The molecule has 0 fully saturated rings. The highest BCUT2D eigenvalue weighted by Gasteiger charge is 1.76. The van der Waals surface area contributed by atoms with Gasteiger partial charge in [-0.05, 0) is 12.8 Å². The van der Waals surface area contributed by atoms with Gasteiger partial charge in [0.2, 0.25) is 0 Å². The molecule has 0 amide bonds. The van der Waals surface area contributed by atoms with Gasteiger partial charge < -0.3 is 0 Å². The number of rotatable bonds is 1. The molecule has 0 aromatic rings. The lowest BCUT2D eigenvalue weighted by atomic mass is 10.2. The zero-order chi connectivity index (χ0) is 4.99. The zero-order valence-corrected chi connectivity index (χ0v) is 4.44. The second kappa shape index (κ2) is 6.51. The molecule has 0 N–H and O–H groups in total. The fourth-order valence-electron chi connectivity index (χ4n) is 0.272. The zero-order valence-electron chi connectivity index (χ0n) is 4.44. The van der Waals surface area contributed by atoms with Crippen LogP contribution in [-0.2, 0) is 0 Å². The molecule has 0 aliphatic carbocycles. The van der Waals surface area contributed by atoms with Crippen LogP contribution in [0.1, 0.15) is 13.8 Å². The van der Waals surface area contributed by atoms with Gasteiger partial charge in [-0.15, -0.1) is 0 Å². The van der Waals surface area contributed by atoms with Crippen LogP contribution in [0.3, 0.4) is 0 Å². The first-order valence-electron chi connectivity index (χ1n) is 2.23. The summed E-state index contributed by atoms with van der Waals surface area (Å²) >= 11 is 0. The third-order valence-corrected chi connectivity index (χ3v) is 0.521. The molecule has 39 valence electrons. The first kappa shape index (κ1) is 10.5. The van der Waals surface area contributed by atoms with E-state index in [-0.39, 0.29) is 23.1 Å². The van der Waals surface area contributed by atoms with Gasteiger partial charge in [-0.25, -0.2) is 0 Å². The third kappa shape index (κ3) is 10.7. The van der Waals surface area contributed by atoms with Crippen LogP contribution in [0, 0.1) is 12.8 Å². The molecule has 0 rings (SSSR count). The van der Waals surface area contributed by atoms with Gasteiger partial charge in [0.25, 0.3) is 0 Å². The smallest absolute Gasteiger partial charge is 0.0880 e. The van der Waals surface area contributed by atoms with Crippen molar-refractivity contribution in [1.29, 1.82) is 0 Å². The summed E-state index contributed by atoms with van der Waals surface area (Å²) in [6, 6.07) is 0. The molecule has 0 unspecified atom stereocenters. The second-order valence-corrected chi connectivity index (χ2v) is 1.67. The highest BCUT2D eigenvalue weighted by atomic mass is 24.3. The summed E-state index contributed by atoms with van der Waals surface area (Å²) in [4.78, 5) is 0. The highest BCUT2D eigenvalue weighted by Crippen LogP contribution is 1.90. The third-order valence-electron chi connectivity index (χ3n) is 0.521. The normalized spacial score (nSPS) is 9.71. The minimum Gasteiger partial charge on any atom is -0.0880 e. The summed E-state index contributed by atoms with van der Waals surface area (Å²) in [7, 11) is 0. The second-order valence-electron chi connectivity index (χ2n) is 1.67. The van der Waals surface area contributed by atoms with Gasteiger partial charge in [0.15, 0.2) is 0 Å². The van der Waals surface area contributed by atoms with Crippen molar-refractivity contribution in [3.63, 3.8) is 0 Å². The molecular weight excluding hydrogens is 96.4 g/mol. The van der Waals surface area contributed by atoms with E-state index in [9.17, 15) is 0 Å². The Balaban J connectivity index is 0. The van der Waals surface area contributed by atoms with Gasteiger partial charge in [-0.2, -0.15) is 0 Å². The molecule has 0 aliphatic heterocycles. The largest absolute Gasteiger partial charge is 0.316 e. The van der Waals surface area contributed by atoms with E-state index in [2.05, 4.69) is 26.8 Å². The maximum atomic E-state index is 3.55. The lowest BCUT2D eigenvalue weighted by molar-refractivity contribution is 0.832. The van der Waals surface area contributed by atoms with E-state index in [1.54, 1.807) is 0 Å². The highest BCUT2D eigenvalue weighted by molar-refractivity contribution is 5.75. The molecule has 0 atom stereocenters. The van der Waals surface area contributed by atoms with Crippen molar-refractivity contribution >= 4 is 23.1 Å². The van der Waals surface area contributed by atoms with Crippen LogP contribution in [-0.4, -0.2) is 23.1 Å². The first-order chi connectivity index (χ1) is 2.77. The van der Waals surface area contributed by atoms with E-state index in [0.717, 1.165) is 0 Å². The summed E-state index contributed by atoms with van der Waals surface area (Å²) < 4.78 is 0. The van der Waals surface area contributed by atoms with E-state index >= 15 is 0 Å². The van der Waals surface area contributed by atoms with Crippen molar-refractivity contribution in [2.45, 2.75) is 13.8 Å². The van der Waals surface area contributed by atoms with Crippen molar-refractivity contribution in [3.05, 3.63) is 19.1 Å². The molecule has 0 saturated carbocycles.